The van der Waals surface area contributed by atoms with Crippen LogP contribution in [0.2, 0.25) is 0 Å². The number of hydrogen-bond acceptors (Lipinski definition) is 6. The SMILES string of the molecule is C=CCCC(=O)OC[C@@H](Cc1ccccc1)NC(=O)[C@H](CC=C)CC(=O)NCCOCCO. The molecule has 2 amide bonds. The molecule has 33 heavy (non-hydrogen) atoms. The van der Waals surface area contributed by atoms with Gasteiger partial charge in [-0.1, -0.05) is 42.5 Å². The molecule has 2 atom stereocenters. The number of esters is 1. The standard InChI is InChI=1S/C25H36N2O6/c1-3-5-12-24(30)33-19-22(17-20-10-7-6-8-11-20)27-25(31)21(9-4-2)18-23(29)26-13-15-32-16-14-28/h3-4,6-8,10-11,21-22,28H,1-2,5,9,12-19H2,(H,26,29)(H,27,31)/t21-,22-/m1/s1. The molecular weight excluding hydrogens is 424 g/mol. The maximum atomic E-state index is 13.0. The summed E-state index contributed by atoms with van der Waals surface area (Å²) in [5, 5.41) is 14.3. The second kappa shape index (κ2) is 17.6. The summed E-state index contributed by atoms with van der Waals surface area (Å²) in [6.07, 6.45) is 4.81. The Balaban J connectivity index is 2.70. The van der Waals surface area contributed by atoms with Crippen molar-refractivity contribution >= 4 is 17.8 Å². The molecule has 1 rings (SSSR count). The molecule has 0 unspecified atom stereocenters. The van der Waals surface area contributed by atoms with E-state index in [0.717, 1.165) is 5.56 Å². The lowest BCUT2D eigenvalue weighted by molar-refractivity contribution is -0.145. The second-order valence-electron chi connectivity index (χ2n) is 7.52. The highest BCUT2D eigenvalue weighted by molar-refractivity contribution is 5.86. The topological polar surface area (TPSA) is 114 Å². The van der Waals surface area contributed by atoms with Crippen molar-refractivity contribution in [2.75, 3.05) is 33.0 Å². The minimum Gasteiger partial charge on any atom is -0.463 e. The number of aliphatic hydroxyl groups excluding tert-OH is 1. The molecule has 0 aromatic heterocycles. The molecule has 1 aromatic carbocycles. The van der Waals surface area contributed by atoms with Crippen molar-refractivity contribution in [1.29, 1.82) is 0 Å². The van der Waals surface area contributed by atoms with Crippen molar-refractivity contribution in [1.82, 2.24) is 10.6 Å². The van der Waals surface area contributed by atoms with Gasteiger partial charge in [0, 0.05) is 19.4 Å². The van der Waals surface area contributed by atoms with Crippen molar-refractivity contribution in [3.63, 3.8) is 0 Å². The van der Waals surface area contributed by atoms with E-state index in [0.29, 0.717) is 25.8 Å². The maximum absolute atomic E-state index is 13.0. The number of allylic oxidation sites excluding steroid dienone is 2. The lowest BCUT2D eigenvalue weighted by Crippen LogP contribution is -2.44. The van der Waals surface area contributed by atoms with Crippen LogP contribution in [0.3, 0.4) is 0 Å². The zero-order chi connectivity index (χ0) is 24.3. The lowest BCUT2D eigenvalue weighted by Gasteiger charge is -2.22. The van der Waals surface area contributed by atoms with E-state index in [-0.39, 0.29) is 57.1 Å². The molecule has 0 bridgehead atoms. The van der Waals surface area contributed by atoms with Crippen LogP contribution in [0.25, 0.3) is 0 Å². The molecular formula is C25H36N2O6. The minimum absolute atomic E-state index is 0.00493. The van der Waals surface area contributed by atoms with Gasteiger partial charge in [0.2, 0.25) is 11.8 Å². The van der Waals surface area contributed by atoms with Crippen molar-refractivity contribution in [3.05, 3.63) is 61.2 Å². The van der Waals surface area contributed by atoms with Gasteiger partial charge in [0.1, 0.15) is 6.61 Å². The first kappa shape index (κ1) is 28.1. The Kier molecular flexibility index (Phi) is 14.9. The first-order valence-corrected chi connectivity index (χ1v) is 11.2. The number of ether oxygens (including phenoxy) is 2. The van der Waals surface area contributed by atoms with E-state index in [9.17, 15) is 14.4 Å². The van der Waals surface area contributed by atoms with Crippen LogP contribution in [-0.2, 0) is 30.3 Å². The molecule has 3 N–H and O–H groups in total. The number of rotatable bonds is 18. The minimum atomic E-state index is -0.601. The number of amides is 2. The summed E-state index contributed by atoms with van der Waals surface area (Å²) in [6, 6.07) is 9.15. The fourth-order valence-electron chi connectivity index (χ4n) is 3.06. The zero-order valence-electron chi connectivity index (χ0n) is 19.2. The molecule has 8 nitrogen and oxygen atoms in total. The third-order valence-corrected chi connectivity index (χ3v) is 4.73. The second-order valence-corrected chi connectivity index (χ2v) is 7.52. The van der Waals surface area contributed by atoms with Gasteiger partial charge in [-0.05, 0) is 24.8 Å². The van der Waals surface area contributed by atoms with Crippen LogP contribution < -0.4 is 10.6 Å². The van der Waals surface area contributed by atoms with Crippen molar-refractivity contribution in [3.8, 4) is 0 Å². The number of carbonyl (C=O) groups is 3. The fourth-order valence-corrected chi connectivity index (χ4v) is 3.06. The monoisotopic (exact) mass is 460 g/mol. The maximum Gasteiger partial charge on any atom is 0.306 e. The molecule has 0 aliphatic rings. The van der Waals surface area contributed by atoms with Crippen molar-refractivity contribution < 1.29 is 29.0 Å². The van der Waals surface area contributed by atoms with E-state index >= 15 is 0 Å². The molecule has 0 saturated heterocycles. The summed E-state index contributed by atoms with van der Waals surface area (Å²) in [4.78, 5) is 37.1. The average molecular weight is 461 g/mol. The van der Waals surface area contributed by atoms with Crippen LogP contribution in [-0.4, -0.2) is 61.9 Å². The summed E-state index contributed by atoms with van der Waals surface area (Å²) < 4.78 is 10.5. The quantitative estimate of drug-likeness (QED) is 0.175. The summed E-state index contributed by atoms with van der Waals surface area (Å²) in [7, 11) is 0. The first-order chi connectivity index (χ1) is 16.0. The number of carbonyl (C=O) groups excluding carboxylic acids is 3. The highest BCUT2D eigenvalue weighted by Crippen LogP contribution is 2.12. The van der Waals surface area contributed by atoms with Crippen LogP contribution >= 0.6 is 0 Å². The van der Waals surface area contributed by atoms with Crippen LogP contribution in [0, 0.1) is 5.92 Å². The molecule has 0 fully saturated rings. The van der Waals surface area contributed by atoms with Gasteiger partial charge in [0.15, 0.2) is 0 Å². The van der Waals surface area contributed by atoms with Crippen LogP contribution in [0.1, 0.15) is 31.2 Å². The van der Waals surface area contributed by atoms with Crippen LogP contribution in [0.15, 0.2) is 55.6 Å². The lowest BCUT2D eigenvalue weighted by atomic mass is 9.98. The average Bonchev–Trinajstić information content (AvgIpc) is 2.81. The molecule has 0 spiro atoms. The summed E-state index contributed by atoms with van der Waals surface area (Å²) >= 11 is 0. The summed E-state index contributed by atoms with van der Waals surface area (Å²) in [6.45, 7) is 8.01. The summed E-state index contributed by atoms with van der Waals surface area (Å²) in [5.41, 5.74) is 0.992. The third-order valence-electron chi connectivity index (χ3n) is 4.73. The predicted octanol–water partition coefficient (Wildman–Crippen LogP) is 1.93. The largest absolute Gasteiger partial charge is 0.463 e. The Morgan fingerprint density at radius 1 is 1.09 bits per heavy atom. The Morgan fingerprint density at radius 2 is 1.85 bits per heavy atom. The van der Waals surface area contributed by atoms with Gasteiger partial charge in [-0.15, -0.1) is 13.2 Å². The van der Waals surface area contributed by atoms with Gasteiger partial charge < -0.3 is 25.2 Å². The third kappa shape index (κ3) is 13.2. The number of aliphatic hydroxyl groups is 1. The van der Waals surface area contributed by atoms with E-state index in [1.165, 1.54) is 0 Å². The fraction of sp³-hybridized carbons (Fsp3) is 0.480. The van der Waals surface area contributed by atoms with Gasteiger partial charge in [-0.3, -0.25) is 14.4 Å². The smallest absolute Gasteiger partial charge is 0.306 e. The Morgan fingerprint density at radius 3 is 2.52 bits per heavy atom. The molecule has 8 heteroatoms. The Hall–Kier alpha value is -2.97. The number of benzene rings is 1. The van der Waals surface area contributed by atoms with E-state index in [2.05, 4.69) is 23.8 Å². The Bertz CT molecular complexity index is 738. The van der Waals surface area contributed by atoms with Crippen LogP contribution in [0.4, 0.5) is 0 Å². The van der Waals surface area contributed by atoms with E-state index in [1.54, 1.807) is 12.2 Å². The van der Waals surface area contributed by atoms with E-state index in [4.69, 9.17) is 14.6 Å². The highest BCUT2D eigenvalue weighted by Gasteiger charge is 2.24. The molecule has 0 radical (unpaired) electrons. The van der Waals surface area contributed by atoms with Gasteiger partial charge in [0.25, 0.3) is 0 Å². The van der Waals surface area contributed by atoms with Gasteiger partial charge >= 0.3 is 5.97 Å². The number of nitrogens with one attached hydrogen (secondary N) is 2. The molecule has 1 aromatic rings. The molecule has 0 aliphatic carbocycles. The molecule has 0 aliphatic heterocycles. The molecule has 0 saturated carbocycles. The number of hydrogen-bond donors (Lipinski definition) is 3. The van der Waals surface area contributed by atoms with E-state index < -0.39 is 12.0 Å². The predicted molar refractivity (Wildman–Crippen MR) is 126 cm³/mol. The molecule has 182 valence electrons. The van der Waals surface area contributed by atoms with Crippen molar-refractivity contribution in [2.45, 2.75) is 38.1 Å². The highest BCUT2D eigenvalue weighted by atomic mass is 16.5. The zero-order valence-corrected chi connectivity index (χ0v) is 19.2. The van der Waals surface area contributed by atoms with Crippen LogP contribution in [0.5, 0.6) is 0 Å². The van der Waals surface area contributed by atoms with Crippen molar-refractivity contribution in [2.24, 2.45) is 5.92 Å². The van der Waals surface area contributed by atoms with E-state index in [1.807, 2.05) is 30.3 Å². The summed E-state index contributed by atoms with van der Waals surface area (Å²) in [5.74, 6) is -1.53. The van der Waals surface area contributed by atoms with Gasteiger partial charge in [0.05, 0.1) is 31.8 Å². The Labute approximate surface area is 196 Å². The van der Waals surface area contributed by atoms with Gasteiger partial charge in [-0.2, -0.15) is 0 Å². The first-order valence-electron chi connectivity index (χ1n) is 11.2. The van der Waals surface area contributed by atoms with Gasteiger partial charge in [-0.25, -0.2) is 0 Å². The normalized spacial score (nSPS) is 12.3. The molecule has 0 heterocycles.